The molecule has 0 aliphatic rings. The number of hydrogen-bond acceptors (Lipinski definition) is 6. The molecule has 2 rings (SSSR count). The van der Waals surface area contributed by atoms with Gasteiger partial charge in [-0.1, -0.05) is 27.2 Å². The van der Waals surface area contributed by atoms with Crippen molar-refractivity contribution in [1.82, 2.24) is 9.97 Å². The molecule has 5 nitrogen and oxygen atoms in total. The summed E-state index contributed by atoms with van der Waals surface area (Å²) in [5, 5.41) is 1.14. The molecule has 0 saturated carbocycles. The molecule has 21 heavy (non-hydrogen) atoms. The summed E-state index contributed by atoms with van der Waals surface area (Å²) in [5.74, 6) is 7.64. The Morgan fingerprint density at radius 1 is 1.33 bits per heavy atom. The summed E-state index contributed by atoms with van der Waals surface area (Å²) in [6, 6.07) is 2.22. The van der Waals surface area contributed by atoms with Crippen LogP contribution in [0.1, 0.15) is 39.0 Å². The molecule has 2 aromatic rings. The molecule has 116 valence electrons. The summed E-state index contributed by atoms with van der Waals surface area (Å²) >= 11 is 1.72. The van der Waals surface area contributed by atoms with Crippen LogP contribution in [0.3, 0.4) is 0 Å². The van der Waals surface area contributed by atoms with Crippen molar-refractivity contribution in [2.45, 2.75) is 40.5 Å². The molecule has 0 aliphatic heterocycles. The van der Waals surface area contributed by atoms with Gasteiger partial charge in [0.05, 0.1) is 5.39 Å². The lowest BCUT2D eigenvalue weighted by atomic mass is 10.1. The number of nitrogens with zero attached hydrogens (tertiary/aromatic N) is 3. The third-order valence-corrected chi connectivity index (χ3v) is 4.98. The summed E-state index contributed by atoms with van der Waals surface area (Å²) in [4.78, 5) is 13.8. The molecule has 1 unspecified atom stereocenters. The second-order valence-corrected chi connectivity index (χ2v) is 6.47. The Morgan fingerprint density at radius 3 is 2.67 bits per heavy atom. The fraction of sp³-hybridized carbons (Fsp3) is 0.600. The van der Waals surface area contributed by atoms with Crippen LogP contribution in [0.5, 0.6) is 0 Å². The normalized spacial score (nSPS) is 12.6. The Hall–Kier alpha value is -1.40. The van der Waals surface area contributed by atoms with Crippen LogP contribution in [0, 0.1) is 5.92 Å². The Bertz CT molecular complexity index is 595. The monoisotopic (exact) mass is 307 g/mol. The maximum absolute atomic E-state index is 5.53. The minimum absolute atomic E-state index is 0.490. The van der Waals surface area contributed by atoms with Crippen LogP contribution in [0.15, 0.2) is 6.07 Å². The first-order chi connectivity index (χ1) is 10.1. The highest BCUT2D eigenvalue weighted by atomic mass is 32.1. The second-order valence-electron chi connectivity index (χ2n) is 5.35. The van der Waals surface area contributed by atoms with Crippen molar-refractivity contribution in [3.63, 3.8) is 0 Å². The van der Waals surface area contributed by atoms with E-state index in [0.29, 0.717) is 11.9 Å². The largest absolute Gasteiger partial charge is 0.356 e. The van der Waals surface area contributed by atoms with E-state index in [1.54, 1.807) is 11.3 Å². The van der Waals surface area contributed by atoms with E-state index >= 15 is 0 Å². The molecule has 1 atom stereocenters. The van der Waals surface area contributed by atoms with Gasteiger partial charge < -0.3 is 4.90 Å². The average molecular weight is 307 g/mol. The predicted molar refractivity (Wildman–Crippen MR) is 91.9 cm³/mol. The van der Waals surface area contributed by atoms with Crippen molar-refractivity contribution in [3.05, 3.63) is 10.9 Å². The standard InChI is InChI=1S/C15H25N5S/c1-5-10(4)9-20(7-3)13-12-8-11(6-2)21-14(12)18-15(17-13)19-16/h8,10H,5-7,9,16H2,1-4H3,(H,17,18,19). The molecule has 0 amide bonds. The molecule has 0 bridgehead atoms. The van der Waals surface area contributed by atoms with Crippen molar-refractivity contribution in [3.8, 4) is 0 Å². The number of hydrazine groups is 1. The molecular weight excluding hydrogens is 282 g/mol. The van der Waals surface area contributed by atoms with Crippen LogP contribution in [0.25, 0.3) is 10.2 Å². The van der Waals surface area contributed by atoms with Gasteiger partial charge in [-0.2, -0.15) is 4.98 Å². The average Bonchev–Trinajstić information content (AvgIpc) is 2.94. The van der Waals surface area contributed by atoms with Gasteiger partial charge >= 0.3 is 0 Å². The van der Waals surface area contributed by atoms with E-state index in [9.17, 15) is 0 Å². The van der Waals surface area contributed by atoms with Crippen LogP contribution < -0.4 is 16.2 Å². The van der Waals surface area contributed by atoms with Crippen molar-refractivity contribution in [1.29, 1.82) is 0 Å². The maximum atomic E-state index is 5.53. The predicted octanol–water partition coefficient (Wildman–Crippen LogP) is 3.41. The number of rotatable bonds is 7. The van der Waals surface area contributed by atoms with Gasteiger partial charge in [-0.15, -0.1) is 11.3 Å². The number of nitrogen functional groups attached to an aromatic ring is 1. The van der Waals surface area contributed by atoms with Crippen molar-refractivity contribution >= 4 is 33.3 Å². The number of anilines is 2. The molecule has 0 radical (unpaired) electrons. The zero-order chi connectivity index (χ0) is 15.4. The summed E-state index contributed by atoms with van der Waals surface area (Å²) < 4.78 is 0. The second kappa shape index (κ2) is 7.04. The van der Waals surface area contributed by atoms with Gasteiger partial charge in [-0.05, 0) is 25.3 Å². The fourth-order valence-corrected chi connectivity index (χ4v) is 3.27. The molecule has 3 N–H and O–H groups in total. The SMILES string of the molecule is CCc1cc2c(N(CC)CC(C)CC)nc(NN)nc2s1. The van der Waals surface area contributed by atoms with Gasteiger partial charge in [-0.3, -0.25) is 5.43 Å². The third-order valence-electron chi connectivity index (χ3n) is 3.81. The minimum Gasteiger partial charge on any atom is -0.356 e. The lowest BCUT2D eigenvalue weighted by Gasteiger charge is -2.25. The van der Waals surface area contributed by atoms with Crippen LogP contribution >= 0.6 is 11.3 Å². The van der Waals surface area contributed by atoms with Gasteiger partial charge in [0.25, 0.3) is 0 Å². The van der Waals surface area contributed by atoms with Crippen LogP contribution in [0.2, 0.25) is 0 Å². The van der Waals surface area contributed by atoms with E-state index in [2.05, 4.69) is 54.1 Å². The Balaban J connectivity index is 2.50. The van der Waals surface area contributed by atoms with Crippen molar-refractivity contribution < 1.29 is 0 Å². The number of aryl methyl sites for hydroxylation is 1. The van der Waals surface area contributed by atoms with Crippen molar-refractivity contribution in [2.75, 3.05) is 23.4 Å². The fourth-order valence-electron chi connectivity index (χ4n) is 2.31. The van der Waals surface area contributed by atoms with Gasteiger partial charge in [0, 0.05) is 18.0 Å². The topological polar surface area (TPSA) is 67.1 Å². The molecule has 0 saturated heterocycles. The lowest BCUT2D eigenvalue weighted by molar-refractivity contribution is 0.546. The summed E-state index contributed by atoms with van der Waals surface area (Å²) in [6.07, 6.45) is 2.18. The molecule has 2 aromatic heterocycles. The van der Waals surface area contributed by atoms with E-state index in [0.717, 1.165) is 42.0 Å². The zero-order valence-electron chi connectivity index (χ0n) is 13.3. The first-order valence-corrected chi connectivity index (χ1v) is 8.46. The number of thiophene rings is 1. The van der Waals surface area contributed by atoms with Gasteiger partial charge in [0.15, 0.2) is 0 Å². The number of fused-ring (bicyclic) bond motifs is 1. The number of nitrogens with one attached hydrogen (secondary N) is 1. The molecule has 0 aromatic carbocycles. The van der Waals surface area contributed by atoms with Gasteiger partial charge in [0.1, 0.15) is 10.6 Å². The van der Waals surface area contributed by atoms with Crippen LogP contribution in [0.4, 0.5) is 11.8 Å². The van der Waals surface area contributed by atoms with E-state index in [1.807, 2.05) is 0 Å². The highest BCUT2D eigenvalue weighted by Crippen LogP contribution is 2.32. The molecular formula is C15H25N5S. The molecule has 0 aliphatic carbocycles. The highest BCUT2D eigenvalue weighted by Gasteiger charge is 2.17. The summed E-state index contributed by atoms with van der Waals surface area (Å²) in [6.45, 7) is 10.8. The molecule has 0 fully saturated rings. The van der Waals surface area contributed by atoms with Crippen molar-refractivity contribution in [2.24, 2.45) is 11.8 Å². The smallest absolute Gasteiger partial charge is 0.240 e. The van der Waals surface area contributed by atoms with E-state index < -0.39 is 0 Å². The first-order valence-electron chi connectivity index (χ1n) is 7.64. The Labute approximate surface area is 130 Å². The van der Waals surface area contributed by atoms with E-state index in [-0.39, 0.29) is 0 Å². The third kappa shape index (κ3) is 3.44. The molecule has 0 spiro atoms. The Morgan fingerprint density at radius 2 is 2.10 bits per heavy atom. The number of nitrogens with two attached hydrogens (primary N) is 1. The van der Waals surface area contributed by atoms with Gasteiger partial charge in [-0.25, -0.2) is 10.8 Å². The van der Waals surface area contributed by atoms with Crippen LogP contribution in [-0.2, 0) is 6.42 Å². The maximum Gasteiger partial charge on any atom is 0.240 e. The highest BCUT2D eigenvalue weighted by molar-refractivity contribution is 7.18. The number of hydrogen-bond donors (Lipinski definition) is 2. The molecule has 6 heteroatoms. The zero-order valence-corrected chi connectivity index (χ0v) is 14.1. The van der Waals surface area contributed by atoms with E-state index in [4.69, 9.17) is 5.84 Å². The quantitative estimate of drug-likeness (QED) is 0.606. The lowest BCUT2D eigenvalue weighted by Crippen LogP contribution is -2.29. The Kier molecular flexibility index (Phi) is 5.36. The minimum atomic E-state index is 0.490. The first kappa shape index (κ1) is 16.0. The van der Waals surface area contributed by atoms with Crippen LogP contribution in [-0.4, -0.2) is 23.1 Å². The van der Waals surface area contributed by atoms with E-state index in [1.165, 1.54) is 4.88 Å². The molecule has 2 heterocycles. The summed E-state index contributed by atoms with van der Waals surface area (Å²) in [7, 11) is 0. The van der Waals surface area contributed by atoms with Gasteiger partial charge in [0.2, 0.25) is 5.95 Å². The number of aromatic nitrogens is 2. The summed E-state index contributed by atoms with van der Waals surface area (Å²) in [5.41, 5.74) is 2.59.